The SMILES string of the molecule is CC(C)(C)C(=O)N1CC2(CSC2)C1. The molecule has 0 unspecified atom stereocenters. The van der Waals surface area contributed by atoms with Crippen LogP contribution in [0.3, 0.4) is 0 Å². The lowest BCUT2D eigenvalue weighted by molar-refractivity contribution is -0.150. The van der Waals surface area contributed by atoms with Crippen LogP contribution in [0.5, 0.6) is 0 Å². The number of carbonyl (C=O) groups is 1. The predicted molar refractivity (Wildman–Crippen MR) is 55.8 cm³/mol. The number of amides is 1. The molecule has 0 bridgehead atoms. The number of rotatable bonds is 0. The van der Waals surface area contributed by atoms with Crippen molar-refractivity contribution in [1.29, 1.82) is 0 Å². The Balaban J connectivity index is 1.89. The molecule has 0 saturated carbocycles. The summed E-state index contributed by atoms with van der Waals surface area (Å²) in [5.41, 5.74) is 0.337. The Kier molecular flexibility index (Phi) is 1.92. The second-order valence-corrected chi connectivity index (χ2v) is 6.39. The molecule has 2 nitrogen and oxygen atoms in total. The number of nitrogens with zero attached hydrogens (tertiary/aromatic N) is 1. The van der Waals surface area contributed by atoms with Gasteiger partial charge in [-0.15, -0.1) is 0 Å². The van der Waals surface area contributed by atoms with Gasteiger partial charge in [-0.25, -0.2) is 0 Å². The summed E-state index contributed by atoms with van der Waals surface area (Å²) in [7, 11) is 0. The molecule has 1 spiro atoms. The van der Waals surface area contributed by atoms with Gasteiger partial charge in [0.1, 0.15) is 0 Å². The third-order valence-electron chi connectivity index (χ3n) is 2.80. The molecule has 0 radical (unpaired) electrons. The molecular weight excluding hydrogens is 182 g/mol. The van der Waals surface area contributed by atoms with Crippen LogP contribution in [0.15, 0.2) is 0 Å². The average Bonchev–Trinajstić information content (AvgIpc) is 1.78. The molecule has 13 heavy (non-hydrogen) atoms. The highest BCUT2D eigenvalue weighted by Crippen LogP contribution is 2.46. The van der Waals surface area contributed by atoms with E-state index in [4.69, 9.17) is 0 Å². The van der Waals surface area contributed by atoms with E-state index in [-0.39, 0.29) is 5.41 Å². The minimum Gasteiger partial charge on any atom is -0.341 e. The third-order valence-corrected chi connectivity index (χ3v) is 4.43. The van der Waals surface area contributed by atoms with E-state index in [1.165, 1.54) is 11.5 Å². The molecule has 2 heterocycles. The highest BCUT2D eigenvalue weighted by atomic mass is 32.2. The minimum atomic E-state index is -0.196. The zero-order valence-corrected chi connectivity index (χ0v) is 9.41. The van der Waals surface area contributed by atoms with E-state index >= 15 is 0 Å². The zero-order chi connectivity index (χ0) is 9.69. The van der Waals surface area contributed by atoms with Crippen molar-refractivity contribution in [2.45, 2.75) is 20.8 Å². The Morgan fingerprint density at radius 1 is 1.31 bits per heavy atom. The van der Waals surface area contributed by atoms with E-state index in [1.807, 2.05) is 37.4 Å². The quantitative estimate of drug-likeness (QED) is 0.591. The van der Waals surface area contributed by atoms with Crippen molar-refractivity contribution in [2.24, 2.45) is 10.8 Å². The lowest BCUT2D eigenvalue weighted by Gasteiger charge is -2.56. The Morgan fingerprint density at radius 3 is 2.15 bits per heavy atom. The van der Waals surface area contributed by atoms with Crippen LogP contribution >= 0.6 is 11.8 Å². The van der Waals surface area contributed by atoms with Crippen molar-refractivity contribution in [2.75, 3.05) is 24.6 Å². The predicted octanol–water partition coefficient (Wildman–Crippen LogP) is 1.61. The first kappa shape index (κ1) is 9.38. The number of carbonyl (C=O) groups excluding carboxylic acids is 1. The molecule has 0 N–H and O–H groups in total. The lowest BCUT2D eigenvalue weighted by atomic mass is 9.80. The molecule has 1 amide bonds. The summed E-state index contributed by atoms with van der Waals surface area (Å²) in [5.74, 6) is 2.84. The van der Waals surface area contributed by atoms with Crippen LogP contribution in [-0.2, 0) is 4.79 Å². The normalized spacial score (nSPS) is 25.3. The Hall–Kier alpha value is -0.180. The maximum atomic E-state index is 11.8. The summed E-state index contributed by atoms with van der Waals surface area (Å²) in [6, 6.07) is 0. The smallest absolute Gasteiger partial charge is 0.227 e. The second kappa shape index (κ2) is 2.66. The molecule has 3 heteroatoms. The van der Waals surface area contributed by atoms with Gasteiger partial charge in [-0.05, 0) is 0 Å². The fourth-order valence-electron chi connectivity index (χ4n) is 1.95. The third kappa shape index (κ3) is 1.47. The molecule has 0 aromatic heterocycles. The monoisotopic (exact) mass is 199 g/mol. The number of likely N-dealkylation sites (tertiary alicyclic amines) is 1. The standard InChI is InChI=1S/C10H17NOS/c1-9(2,3)8(12)11-4-10(5-11)6-13-7-10/h4-7H2,1-3H3. The summed E-state index contributed by atoms with van der Waals surface area (Å²) >= 11 is 2.00. The molecule has 0 aliphatic carbocycles. The summed E-state index contributed by atoms with van der Waals surface area (Å²) in [6.45, 7) is 8.01. The molecule has 2 aliphatic rings. The maximum absolute atomic E-state index is 11.8. The highest BCUT2D eigenvalue weighted by Gasteiger charge is 2.51. The Labute approximate surface area is 84.1 Å². The van der Waals surface area contributed by atoms with Gasteiger partial charge in [0.05, 0.1) is 0 Å². The van der Waals surface area contributed by atoms with Gasteiger partial charge in [-0.1, -0.05) is 20.8 Å². The van der Waals surface area contributed by atoms with Crippen molar-refractivity contribution in [1.82, 2.24) is 4.90 Å². The van der Waals surface area contributed by atoms with Gasteiger partial charge in [-0.2, -0.15) is 11.8 Å². The van der Waals surface area contributed by atoms with Crippen LogP contribution in [0, 0.1) is 10.8 Å². The minimum absolute atomic E-state index is 0.196. The fourth-order valence-corrected chi connectivity index (χ4v) is 3.10. The second-order valence-electron chi connectivity index (χ2n) is 5.40. The molecule has 2 saturated heterocycles. The van der Waals surface area contributed by atoms with Crippen LogP contribution in [0.2, 0.25) is 0 Å². The largest absolute Gasteiger partial charge is 0.341 e. The van der Waals surface area contributed by atoms with Crippen molar-refractivity contribution >= 4 is 17.7 Å². The topological polar surface area (TPSA) is 20.3 Å². The van der Waals surface area contributed by atoms with Crippen molar-refractivity contribution < 1.29 is 4.79 Å². The van der Waals surface area contributed by atoms with Gasteiger partial charge in [0, 0.05) is 35.4 Å². The summed E-state index contributed by atoms with van der Waals surface area (Å²) in [6.07, 6.45) is 0. The lowest BCUT2D eigenvalue weighted by Crippen LogP contribution is -2.65. The first-order chi connectivity index (χ1) is 5.93. The number of thioether (sulfide) groups is 1. The van der Waals surface area contributed by atoms with Crippen LogP contribution < -0.4 is 0 Å². The van der Waals surface area contributed by atoms with Gasteiger partial charge >= 0.3 is 0 Å². The summed E-state index contributed by atoms with van der Waals surface area (Å²) in [5, 5.41) is 0. The molecule has 0 atom stereocenters. The van der Waals surface area contributed by atoms with Crippen molar-refractivity contribution in [3.05, 3.63) is 0 Å². The number of hydrogen-bond acceptors (Lipinski definition) is 2. The molecule has 2 rings (SSSR count). The van der Waals surface area contributed by atoms with Crippen molar-refractivity contribution in [3.8, 4) is 0 Å². The molecule has 0 aromatic rings. The highest BCUT2D eigenvalue weighted by molar-refractivity contribution is 8.00. The Bertz CT molecular complexity index is 232. The Morgan fingerprint density at radius 2 is 1.85 bits per heavy atom. The van der Waals surface area contributed by atoms with Gasteiger partial charge in [0.2, 0.25) is 5.91 Å². The first-order valence-electron chi connectivity index (χ1n) is 4.80. The van der Waals surface area contributed by atoms with Crippen LogP contribution in [0.4, 0.5) is 0 Å². The molecule has 0 aromatic carbocycles. The van der Waals surface area contributed by atoms with Crippen LogP contribution in [0.1, 0.15) is 20.8 Å². The maximum Gasteiger partial charge on any atom is 0.227 e. The van der Waals surface area contributed by atoms with E-state index in [0.29, 0.717) is 11.3 Å². The van der Waals surface area contributed by atoms with E-state index in [1.54, 1.807) is 0 Å². The van der Waals surface area contributed by atoms with Gasteiger partial charge in [0.25, 0.3) is 0 Å². The number of hydrogen-bond donors (Lipinski definition) is 0. The molecule has 2 aliphatic heterocycles. The zero-order valence-electron chi connectivity index (χ0n) is 8.59. The van der Waals surface area contributed by atoms with Crippen molar-refractivity contribution in [3.63, 3.8) is 0 Å². The summed E-state index contributed by atoms with van der Waals surface area (Å²) in [4.78, 5) is 13.8. The van der Waals surface area contributed by atoms with E-state index in [9.17, 15) is 4.79 Å². The molecular formula is C10H17NOS. The van der Waals surface area contributed by atoms with E-state index in [0.717, 1.165) is 13.1 Å². The van der Waals surface area contributed by atoms with Crippen LogP contribution in [0.25, 0.3) is 0 Å². The fraction of sp³-hybridized carbons (Fsp3) is 0.900. The molecule has 74 valence electrons. The van der Waals surface area contributed by atoms with E-state index in [2.05, 4.69) is 0 Å². The van der Waals surface area contributed by atoms with Gasteiger partial charge in [-0.3, -0.25) is 4.79 Å². The molecule has 2 fully saturated rings. The van der Waals surface area contributed by atoms with Crippen LogP contribution in [-0.4, -0.2) is 35.4 Å². The average molecular weight is 199 g/mol. The van der Waals surface area contributed by atoms with Gasteiger partial charge < -0.3 is 4.90 Å². The summed E-state index contributed by atoms with van der Waals surface area (Å²) < 4.78 is 0. The van der Waals surface area contributed by atoms with E-state index < -0.39 is 0 Å². The van der Waals surface area contributed by atoms with Gasteiger partial charge in [0.15, 0.2) is 0 Å². The first-order valence-corrected chi connectivity index (χ1v) is 5.96.